The Hall–Kier alpha value is 0.290. The highest BCUT2D eigenvalue weighted by Crippen LogP contribution is 2.34. The van der Waals surface area contributed by atoms with Gasteiger partial charge in [0, 0.05) is 6.54 Å². The zero-order valence-electron chi connectivity index (χ0n) is 5.58. The van der Waals surface area contributed by atoms with Crippen molar-refractivity contribution in [1.82, 2.24) is 4.67 Å². The molecule has 0 radical (unpaired) electrons. The molecule has 1 heterocycles. The maximum Gasteiger partial charge on any atom is 0.321 e. The molecule has 1 saturated heterocycles. The smallest absolute Gasteiger partial charge is 0.321 e. The minimum atomic E-state index is -0.674. The van der Waals surface area contributed by atoms with Gasteiger partial charge in [0.2, 0.25) is 0 Å². The summed E-state index contributed by atoms with van der Waals surface area (Å²) in [6.07, 6.45) is 1.84. The lowest BCUT2D eigenvalue weighted by Crippen LogP contribution is -2.28. The Balaban J connectivity index is 2.50. The van der Waals surface area contributed by atoms with E-state index in [-0.39, 0.29) is 6.04 Å². The van der Waals surface area contributed by atoms with Crippen LogP contribution in [0.2, 0.25) is 0 Å². The van der Waals surface area contributed by atoms with Crippen LogP contribution in [0.3, 0.4) is 0 Å². The van der Waals surface area contributed by atoms with Gasteiger partial charge < -0.3 is 5.11 Å². The van der Waals surface area contributed by atoms with E-state index in [0.29, 0.717) is 8.42 Å². The van der Waals surface area contributed by atoms with Crippen molar-refractivity contribution in [1.29, 1.82) is 0 Å². The van der Waals surface area contributed by atoms with Gasteiger partial charge in [-0.3, -0.25) is 9.46 Å². The Labute approximate surface area is 64.1 Å². The summed E-state index contributed by atoms with van der Waals surface area (Å²) in [5.41, 5.74) is 0. The van der Waals surface area contributed by atoms with Gasteiger partial charge in [0.25, 0.3) is 0 Å². The predicted molar refractivity (Wildman–Crippen MR) is 45.4 cm³/mol. The predicted octanol–water partition coefficient (Wildman–Crippen LogP) is 0.919. The first kappa shape index (κ1) is 8.39. The fraction of sp³-hybridized carbons (Fsp3) is 0.800. The summed E-state index contributed by atoms with van der Waals surface area (Å²) in [6.45, 7) is 0.943. The minimum Gasteiger partial charge on any atom is -0.480 e. The summed E-state index contributed by atoms with van der Waals surface area (Å²) in [5.74, 6) is -0.674. The molecule has 5 heteroatoms. The minimum absolute atomic E-state index is 0.212. The molecule has 0 amide bonds. The van der Waals surface area contributed by atoms with E-state index in [1.165, 1.54) is 0 Å². The van der Waals surface area contributed by atoms with Crippen LogP contribution in [-0.4, -0.2) is 28.3 Å². The number of carboxylic acids is 1. The quantitative estimate of drug-likeness (QED) is 0.640. The number of carbonyl (C=O) groups is 1. The highest BCUT2D eigenvalue weighted by Gasteiger charge is 2.28. The topological polar surface area (TPSA) is 40.5 Å². The fourth-order valence-corrected chi connectivity index (χ4v) is 2.81. The molecule has 0 spiro atoms. The van der Waals surface area contributed by atoms with Gasteiger partial charge in [0.05, 0.1) is 0 Å². The Morgan fingerprint density at radius 2 is 2.50 bits per heavy atom. The molecule has 0 aromatic rings. The zero-order valence-corrected chi connectivity index (χ0v) is 7.73. The molecule has 1 rings (SSSR count). The van der Waals surface area contributed by atoms with Crippen LogP contribution in [0.1, 0.15) is 12.8 Å². The first-order chi connectivity index (χ1) is 4.75. The highest BCUT2D eigenvalue weighted by atomic mass is 32.0. The van der Waals surface area contributed by atoms with Gasteiger partial charge in [-0.25, -0.2) is 0 Å². The van der Waals surface area contributed by atoms with Crippen molar-refractivity contribution in [2.24, 2.45) is 0 Å². The third-order valence-electron chi connectivity index (χ3n) is 1.70. The molecule has 0 aliphatic carbocycles. The maximum atomic E-state index is 10.5. The molecule has 0 saturated carbocycles. The number of rotatable bonds is 2. The SMILES string of the molecule is O=C(O)C1CCCN1PP. The summed E-state index contributed by atoms with van der Waals surface area (Å²) in [7, 11) is 3.14. The number of carboxylic acid groups (broad SMARTS) is 1. The first-order valence-electron chi connectivity index (χ1n) is 3.21. The molecule has 0 bridgehead atoms. The van der Waals surface area contributed by atoms with Gasteiger partial charge in [0.1, 0.15) is 6.04 Å². The molecular formula is C5H11NO2P2. The molecule has 1 aliphatic heterocycles. The van der Waals surface area contributed by atoms with Crippen LogP contribution >= 0.6 is 17.3 Å². The van der Waals surface area contributed by atoms with Crippen LogP contribution in [0.25, 0.3) is 0 Å². The van der Waals surface area contributed by atoms with Crippen molar-refractivity contribution in [2.45, 2.75) is 18.9 Å². The van der Waals surface area contributed by atoms with Crippen molar-refractivity contribution in [3.05, 3.63) is 0 Å². The maximum absolute atomic E-state index is 10.5. The number of hydrogen-bond acceptors (Lipinski definition) is 2. The van der Waals surface area contributed by atoms with E-state index in [9.17, 15) is 4.79 Å². The van der Waals surface area contributed by atoms with E-state index >= 15 is 0 Å². The van der Waals surface area contributed by atoms with E-state index in [4.69, 9.17) is 5.11 Å². The van der Waals surface area contributed by atoms with Gasteiger partial charge in [-0.1, -0.05) is 8.93 Å². The lowest BCUT2D eigenvalue weighted by molar-refractivity contribution is -0.140. The van der Waals surface area contributed by atoms with Crippen LogP contribution in [0.4, 0.5) is 0 Å². The number of aliphatic carboxylic acids is 1. The average molecular weight is 179 g/mol. The summed E-state index contributed by atoms with van der Waals surface area (Å²) in [6, 6.07) is -0.212. The molecule has 3 nitrogen and oxygen atoms in total. The largest absolute Gasteiger partial charge is 0.480 e. The lowest BCUT2D eigenvalue weighted by atomic mass is 10.2. The van der Waals surface area contributed by atoms with E-state index in [1.54, 1.807) is 0 Å². The van der Waals surface area contributed by atoms with Crippen LogP contribution in [0.5, 0.6) is 0 Å². The normalized spacial score (nSPS) is 28.3. The van der Waals surface area contributed by atoms with Crippen molar-refractivity contribution in [2.75, 3.05) is 6.54 Å². The molecule has 58 valence electrons. The van der Waals surface area contributed by atoms with Gasteiger partial charge >= 0.3 is 5.97 Å². The van der Waals surface area contributed by atoms with Crippen molar-refractivity contribution < 1.29 is 9.90 Å². The summed E-state index contributed by atoms with van der Waals surface area (Å²) >= 11 is 0. The van der Waals surface area contributed by atoms with Crippen molar-refractivity contribution in [3.8, 4) is 0 Å². The Morgan fingerprint density at radius 1 is 1.80 bits per heavy atom. The third-order valence-corrected chi connectivity index (χ3v) is 3.57. The lowest BCUT2D eigenvalue weighted by Gasteiger charge is -2.17. The molecule has 10 heavy (non-hydrogen) atoms. The molecule has 1 N–H and O–H groups in total. The van der Waals surface area contributed by atoms with E-state index < -0.39 is 5.97 Å². The third kappa shape index (κ3) is 1.66. The molecular weight excluding hydrogens is 168 g/mol. The highest BCUT2D eigenvalue weighted by molar-refractivity contribution is 8.01. The Morgan fingerprint density at radius 3 is 2.90 bits per heavy atom. The second-order valence-electron chi connectivity index (χ2n) is 2.32. The number of hydrogen-bond donors (Lipinski definition) is 1. The second kappa shape index (κ2) is 3.61. The first-order valence-corrected chi connectivity index (χ1v) is 5.97. The molecule has 0 aromatic carbocycles. The summed E-state index contributed by atoms with van der Waals surface area (Å²) in [4.78, 5) is 10.5. The van der Waals surface area contributed by atoms with Gasteiger partial charge in [0.15, 0.2) is 0 Å². The molecule has 1 fully saturated rings. The van der Waals surface area contributed by atoms with Crippen LogP contribution in [0, 0.1) is 0 Å². The monoisotopic (exact) mass is 179 g/mol. The van der Waals surface area contributed by atoms with Crippen LogP contribution in [-0.2, 0) is 4.79 Å². The van der Waals surface area contributed by atoms with E-state index in [1.807, 2.05) is 4.67 Å². The zero-order chi connectivity index (χ0) is 7.56. The van der Waals surface area contributed by atoms with E-state index in [2.05, 4.69) is 8.93 Å². The van der Waals surface area contributed by atoms with E-state index in [0.717, 1.165) is 19.4 Å². The average Bonchev–Trinajstić information content (AvgIpc) is 2.33. The number of nitrogens with zero attached hydrogens (tertiary/aromatic N) is 1. The van der Waals surface area contributed by atoms with Crippen molar-refractivity contribution in [3.63, 3.8) is 0 Å². The summed E-state index contributed by atoms with van der Waals surface area (Å²) < 4.78 is 1.99. The second-order valence-corrected chi connectivity index (χ2v) is 3.93. The van der Waals surface area contributed by atoms with Crippen LogP contribution in [0.15, 0.2) is 0 Å². The fourth-order valence-electron chi connectivity index (χ4n) is 1.18. The Kier molecular flexibility index (Phi) is 3.03. The molecule has 1 aliphatic rings. The Bertz CT molecular complexity index is 142. The summed E-state index contributed by atoms with van der Waals surface area (Å²) in [5, 5.41) is 8.67. The molecule has 3 atom stereocenters. The van der Waals surface area contributed by atoms with Gasteiger partial charge in [-0.2, -0.15) is 0 Å². The molecule has 3 unspecified atom stereocenters. The van der Waals surface area contributed by atoms with Gasteiger partial charge in [-0.15, -0.1) is 0 Å². The van der Waals surface area contributed by atoms with Gasteiger partial charge in [-0.05, 0) is 21.3 Å². The standard InChI is InChI=1S/C5H11NO2P2/c7-5(8)4-2-1-3-6(4)10-9/h4,10H,1-3,9H2,(H,7,8). The molecule has 0 aromatic heterocycles. The van der Waals surface area contributed by atoms with Crippen LogP contribution < -0.4 is 0 Å². The van der Waals surface area contributed by atoms with Crippen molar-refractivity contribution >= 4 is 23.3 Å².